The van der Waals surface area contributed by atoms with Crippen molar-refractivity contribution in [3.05, 3.63) is 18.0 Å². The maximum absolute atomic E-state index is 5.44. The van der Waals surface area contributed by atoms with Gasteiger partial charge in [0, 0.05) is 25.4 Å². The first kappa shape index (κ1) is 14.5. The lowest BCUT2D eigenvalue weighted by molar-refractivity contribution is 0.178. The number of aromatic nitrogens is 2. The van der Waals surface area contributed by atoms with Crippen LogP contribution in [0.4, 0.5) is 0 Å². The van der Waals surface area contributed by atoms with Crippen LogP contribution in [0.15, 0.2) is 12.3 Å². The summed E-state index contributed by atoms with van der Waals surface area (Å²) < 4.78 is 7.55. The van der Waals surface area contributed by atoms with Gasteiger partial charge in [0.1, 0.15) is 0 Å². The van der Waals surface area contributed by atoms with E-state index >= 15 is 0 Å². The number of nitrogens with zero attached hydrogens (tertiary/aromatic N) is 2. The van der Waals surface area contributed by atoms with Gasteiger partial charge in [-0.15, -0.1) is 0 Å². The summed E-state index contributed by atoms with van der Waals surface area (Å²) in [5.41, 5.74) is 1.14. The van der Waals surface area contributed by atoms with E-state index in [2.05, 4.69) is 48.1 Å². The molecule has 4 heteroatoms. The van der Waals surface area contributed by atoms with Crippen molar-refractivity contribution in [2.75, 3.05) is 13.2 Å². The monoisotopic (exact) mass is 265 g/mol. The third kappa shape index (κ3) is 3.80. The molecule has 0 amide bonds. The molecule has 0 spiro atoms. The fourth-order valence-electron chi connectivity index (χ4n) is 2.72. The highest BCUT2D eigenvalue weighted by atomic mass is 16.5. The van der Waals surface area contributed by atoms with Crippen molar-refractivity contribution in [1.29, 1.82) is 0 Å². The lowest BCUT2D eigenvalue weighted by Gasteiger charge is -2.18. The van der Waals surface area contributed by atoms with Gasteiger partial charge < -0.3 is 10.1 Å². The summed E-state index contributed by atoms with van der Waals surface area (Å²) in [6.07, 6.45) is 5.57. The van der Waals surface area contributed by atoms with E-state index in [4.69, 9.17) is 4.74 Å². The van der Waals surface area contributed by atoms with Crippen molar-refractivity contribution in [2.24, 2.45) is 5.92 Å². The van der Waals surface area contributed by atoms with Gasteiger partial charge >= 0.3 is 0 Å². The lowest BCUT2D eigenvalue weighted by Crippen LogP contribution is -2.33. The first-order valence-corrected chi connectivity index (χ1v) is 7.59. The molecule has 0 radical (unpaired) electrons. The van der Waals surface area contributed by atoms with E-state index in [-0.39, 0.29) is 0 Å². The van der Waals surface area contributed by atoms with Crippen molar-refractivity contribution in [3.8, 4) is 0 Å². The van der Waals surface area contributed by atoms with Gasteiger partial charge in [-0.25, -0.2) is 0 Å². The molecule has 0 bridgehead atoms. The molecule has 2 unspecified atom stereocenters. The van der Waals surface area contributed by atoms with Crippen LogP contribution in [0.2, 0.25) is 0 Å². The Bertz CT molecular complexity index is 367. The molecule has 1 aromatic rings. The minimum Gasteiger partial charge on any atom is -0.381 e. The molecule has 1 aliphatic heterocycles. The van der Waals surface area contributed by atoms with Crippen molar-refractivity contribution in [2.45, 2.75) is 58.7 Å². The average Bonchev–Trinajstić information content (AvgIpc) is 3.09. The van der Waals surface area contributed by atoms with Crippen molar-refractivity contribution in [3.63, 3.8) is 0 Å². The summed E-state index contributed by atoms with van der Waals surface area (Å²) >= 11 is 0. The largest absolute Gasteiger partial charge is 0.381 e. The number of nitrogens with one attached hydrogen (secondary N) is 1. The fourth-order valence-corrected chi connectivity index (χ4v) is 2.72. The fraction of sp³-hybridized carbons (Fsp3) is 0.800. The Morgan fingerprint density at radius 3 is 2.89 bits per heavy atom. The predicted octanol–water partition coefficient (Wildman–Crippen LogP) is 2.76. The Morgan fingerprint density at radius 2 is 2.26 bits per heavy atom. The molecule has 1 fully saturated rings. The average molecular weight is 265 g/mol. The summed E-state index contributed by atoms with van der Waals surface area (Å²) in [6.45, 7) is 9.35. The zero-order valence-electron chi connectivity index (χ0n) is 12.4. The van der Waals surface area contributed by atoms with Crippen LogP contribution in [0.1, 0.15) is 51.8 Å². The molecule has 2 atom stereocenters. The second kappa shape index (κ2) is 7.06. The molecule has 1 aromatic heterocycles. The molecule has 4 nitrogen and oxygen atoms in total. The second-order valence-corrected chi connectivity index (χ2v) is 5.55. The molecule has 1 aliphatic rings. The van der Waals surface area contributed by atoms with E-state index < -0.39 is 0 Å². The second-order valence-electron chi connectivity index (χ2n) is 5.55. The van der Waals surface area contributed by atoms with Gasteiger partial charge in [0.2, 0.25) is 0 Å². The van der Waals surface area contributed by atoms with Gasteiger partial charge in [-0.05, 0) is 38.2 Å². The van der Waals surface area contributed by atoms with Crippen LogP contribution in [0.3, 0.4) is 0 Å². The normalized spacial score (nSPS) is 21.2. The highest BCUT2D eigenvalue weighted by molar-refractivity contribution is 5.00. The van der Waals surface area contributed by atoms with Crippen molar-refractivity contribution < 1.29 is 4.74 Å². The van der Waals surface area contributed by atoms with Gasteiger partial charge in [-0.3, -0.25) is 4.68 Å². The van der Waals surface area contributed by atoms with Crippen LogP contribution in [0.5, 0.6) is 0 Å². The molecule has 108 valence electrons. The molecule has 19 heavy (non-hydrogen) atoms. The van der Waals surface area contributed by atoms with Crippen LogP contribution >= 0.6 is 0 Å². The van der Waals surface area contributed by atoms with Crippen molar-refractivity contribution >= 4 is 0 Å². The standard InChI is InChI=1S/C15H27N3O/c1-4-15(5-2)18-8-6-14(17-18)10-16-12(3)13-7-9-19-11-13/h6,8,12-13,15-16H,4-5,7,9-11H2,1-3H3. The Balaban J connectivity index is 1.82. The SMILES string of the molecule is CCC(CC)n1ccc(CNC(C)C2CCOC2)n1. The molecular weight excluding hydrogens is 238 g/mol. The third-order valence-electron chi connectivity index (χ3n) is 4.26. The third-order valence-corrected chi connectivity index (χ3v) is 4.26. The highest BCUT2D eigenvalue weighted by Crippen LogP contribution is 2.17. The van der Waals surface area contributed by atoms with Crippen LogP contribution in [0, 0.1) is 5.92 Å². The van der Waals surface area contributed by atoms with Gasteiger partial charge in [-0.2, -0.15) is 5.10 Å². The van der Waals surface area contributed by atoms with E-state index in [0.717, 1.165) is 38.3 Å². The molecule has 1 saturated heterocycles. The topological polar surface area (TPSA) is 39.1 Å². The molecule has 2 rings (SSSR count). The molecular formula is C15H27N3O. The van der Waals surface area contributed by atoms with Crippen LogP contribution in [0.25, 0.3) is 0 Å². The molecule has 1 N–H and O–H groups in total. The van der Waals surface area contributed by atoms with Gasteiger partial charge in [0.15, 0.2) is 0 Å². The zero-order valence-corrected chi connectivity index (χ0v) is 12.4. The first-order valence-electron chi connectivity index (χ1n) is 7.59. The van der Waals surface area contributed by atoms with E-state index in [1.807, 2.05) is 0 Å². The van der Waals surface area contributed by atoms with Crippen LogP contribution in [-0.2, 0) is 11.3 Å². The zero-order chi connectivity index (χ0) is 13.7. The highest BCUT2D eigenvalue weighted by Gasteiger charge is 2.21. The van der Waals surface area contributed by atoms with E-state index in [0.29, 0.717) is 18.0 Å². The Hall–Kier alpha value is -0.870. The summed E-state index contributed by atoms with van der Waals surface area (Å²) in [4.78, 5) is 0. The Labute approximate surface area is 116 Å². The van der Waals surface area contributed by atoms with E-state index in [1.165, 1.54) is 6.42 Å². The summed E-state index contributed by atoms with van der Waals surface area (Å²) in [7, 11) is 0. The minimum absolute atomic E-state index is 0.501. The van der Waals surface area contributed by atoms with Gasteiger partial charge in [-0.1, -0.05) is 13.8 Å². The van der Waals surface area contributed by atoms with Crippen LogP contribution < -0.4 is 5.32 Å². The molecule has 0 aromatic carbocycles. The summed E-state index contributed by atoms with van der Waals surface area (Å²) in [6, 6.07) is 3.17. The predicted molar refractivity (Wildman–Crippen MR) is 77.1 cm³/mol. The number of hydrogen-bond donors (Lipinski definition) is 1. The van der Waals surface area contributed by atoms with E-state index in [9.17, 15) is 0 Å². The maximum Gasteiger partial charge on any atom is 0.0762 e. The molecule has 0 aliphatic carbocycles. The minimum atomic E-state index is 0.501. The Kier molecular flexibility index (Phi) is 5.40. The van der Waals surface area contributed by atoms with E-state index in [1.54, 1.807) is 0 Å². The lowest BCUT2D eigenvalue weighted by atomic mass is 10.0. The molecule has 2 heterocycles. The first-order chi connectivity index (χ1) is 9.24. The number of ether oxygens (including phenoxy) is 1. The van der Waals surface area contributed by atoms with Gasteiger partial charge in [0.25, 0.3) is 0 Å². The van der Waals surface area contributed by atoms with Crippen molar-refractivity contribution in [1.82, 2.24) is 15.1 Å². The number of rotatable bonds is 7. The molecule has 0 saturated carbocycles. The van der Waals surface area contributed by atoms with Gasteiger partial charge in [0.05, 0.1) is 18.3 Å². The summed E-state index contributed by atoms with van der Waals surface area (Å²) in [5, 5.41) is 8.25. The summed E-state index contributed by atoms with van der Waals surface area (Å²) in [5.74, 6) is 0.654. The maximum atomic E-state index is 5.44. The Morgan fingerprint density at radius 1 is 1.47 bits per heavy atom. The number of hydrogen-bond acceptors (Lipinski definition) is 3. The smallest absolute Gasteiger partial charge is 0.0762 e. The quantitative estimate of drug-likeness (QED) is 0.824. The van der Waals surface area contributed by atoms with Crippen LogP contribution in [-0.4, -0.2) is 29.0 Å².